The van der Waals surface area contributed by atoms with Crippen molar-refractivity contribution < 1.29 is 14.4 Å². The summed E-state index contributed by atoms with van der Waals surface area (Å²) in [5.74, 6) is -0.272. The van der Waals surface area contributed by atoms with Crippen LogP contribution in [0.3, 0.4) is 0 Å². The highest BCUT2D eigenvalue weighted by molar-refractivity contribution is 6.40. The smallest absolute Gasteiger partial charge is 0.427 e. The van der Waals surface area contributed by atoms with Crippen LogP contribution in [0.1, 0.15) is 11.1 Å². The first-order valence-electron chi connectivity index (χ1n) is 3.71. The van der Waals surface area contributed by atoms with Crippen molar-refractivity contribution in [2.75, 3.05) is 0 Å². The number of hydrogen-bond donors (Lipinski definition) is 2. The molecule has 0 aromatic heterocycles. The van der Waals surface area contributed by atoms with Gasteiger partial charge in [-0.2, -0.15) is 0 Å². The van der Waals surface area contributed by atoms with Gasteiger partial charge in [0.2, 0.25) is 0 Å². The van der Waals surface area contributed by atoms with Crippen LogP contribution in [-0.2, 0) is 6.32 Å². The predicted molar refractivity (Wildman–Crippen MR) is 45.0 cm³/mol. The minimum absolute atomic E-state index is 0.140. The third-order valence-corrected chi connectivity index (χ3v) is 1.64. The van der Waals surface area contributed by atoms with E-state index in [1.165, 1.54) is 6.07 Å². The lowest BCUT2D eigenvalue weighted by molar-refractivity contribution is 0.405. The Morgan fingerprint density at radius 1 is 1.42 bits per heavy atom. The van der Waals surface area contributed by atoms with E-state index in [2.05, 4.69) is 0 Å². The van der Waals surface area contributed by atoms with E-state index in [0.29, 0.717) is 5.56 Å². The summed E-state index contributed by atoms with van der Waals surface area (Å²) < 4.78 is 12.7. The lowest BCUT2D eigenvalue weighted by Gasteiger charge is -2.01. The molecule has 0 saturated heterocycles. The average Bonchev–Trinajstić information content (AvgIpc) is 1.96. The van der Waals surface area contributed by atoms with E-state index in [4.69, 9.17) is 10.0 Å². The first-order chi connectivity index (χ1) is 5.59. The Bertz CT molecular complexity index is 276. The molecule has 0 bridgehead atoms. The molecule has 2 nitrogen and oxygen atoms in total. The number of hydrogen-bond acceptors (Lipinski definition) is 2. The van der Waals surface area contributed by atoms with Crippen molar-refractivity contribution in [1.29, 1.82) is 0 Å². The summed E-state index contributed by atoms with van der Waals surface area (Å²) in [6.07, 6.45) is 0.140. The fraction of sp³-hybridized carbons (Fsp3) is 0.250. The molecule has 0 amide bonds. The lowest BCUT2D eigenvalue weighted by Crippen LogP contribution is -2.15. The third-order valence-electron chi connectivity index (χ3n) is 1.64. The van der Waals surface area contributed by atoms with Crippen molar-refractivity contribution in [3.05, 3.63) is 35.1 Å². The van der Waals surface area contributed by atoms with E-state index in [-0.39, 0.29) is 12.1 Å². The molecule has 0 radical (unpaired) electrons. The molecule has 1 aromatic rings. The topological polar surface area (TPSA) is 40.5 Å². The zero-order valence-corrected chi connectivity index (χ0v) is 6.79. The van der Waals surface area contributed by atoms with Crippen molar-refractivity contribution in [2.24, 2.45) is 0 Å². The summed E-state index contributed by atoms with van der Waals surface area (Å²) in [6, 6.07) is 4.48. The highest BCUT2D eigenvalue weighted by Gasteiger charge is 2.08. The van der Waals surface area contributed by atoms with E-state index in [1.54, 1.807) is 19.1 Å². The maximum atomic E-state index is 12.7. The molecule has 1 rings (SSSR count). The molecule has 12 heavy (non-hydrogen) atoms. The fourth-order valence-corrected chi connectivity index (χ4v) is 1.04. The second-order valence-electron chi connectivity index (χ2n) is 2.77. The second kappa shape index (κ2) is 3.69. The van der Waals surface area contributed by atoms with Gasteiger partial charge in [-0.15, -0.1) is 0 Å². The summed E-state index contributed by atoms with van der Waals surface area (Å²) >= 11 is 0. The zero-order chi connectivity index (χ0) is 9.14. The lowest BCUT2D eigenvalue weighted by atomic mass is 9.82. The molecular weight excluding hydrogens is 158 g/mol. The molecule has 0 aliphatic carbocycles. The van der Waals surface area contributed by atoms with Crippen LogP contribution in [0.25, 0.3) is 0 Å². The van der Waals surface area contributed by atoms with E-state index in [1.807, 2.05) is 0 Å². The largest absolute Gasteiger partial charge is 0.456 e. The molecule has 0 unspecified atom stereocenters. The molecule has 0 atom stereocenters. The third kappa shape index (κ3) is 2.32. The van der Waals surface area contributed by atoms with Crippen LogP contribution in [0.2, 0.25) is 0 Å². The van der Waals surface area contributed by atoms with E-state index < -0.39 is 7.12 Å². The van der Waals surface area contributed by atoms with Crippen LogP contribution in [0.5, 0.6) is 0 Å². The Hall–Kier alpha value is -0.865. The van der Waals surface area contributed by atoms with Crippen LogP contribution in [-0.4, -0.2) is 17.2 Å². The molecule has 1 aromatic carbocycles. The van der Waals surface area contributed by atoms with E-state index in [0.717, 1.165) is 5.56 Å². The summed E-state index contributed by atoms with van der Waals surface area (Å²) in [4.78, 5) is 0. The Morgan fingerprint density at radius 3 is 2.58 bits per heavy atom. The number of halogens is 1. The molecule has 2 N–H and O–H groups in total. The summed E-state index contributed by atoms with van der Waals surface area (Å²) in [7, 11) is -1.37. The summed E-state index contributed by atoms with van der Waals surface area (Å²) in [6.45, 7) is 1.64. The predicted octanol–water partition coefficient (Wildman–Crippen LogP) is 0.689. The van der Waals surface area contributed by atoms with Gasteiger partial charge in [-0.3, -0.25) is 0 Å². The fourth-order valence-electron chi connectivity index (χ4n) is 1.04. The quantitative estimate of drug-likeness (QED) is 0.637. The zero-order valence-electron chi connectivity index (χ0n) is 6.79. The molecule has 0 heterocycles. The van der Waals surface area contributed by atoms with Crippen molar-refractivity contribution in [3.63, 3.8) is 0 Å². The van der Waals surface area contributed by atoms with Crippen LogP contribution < -0.4 is 0 Å². The van der Waals surface area contributed by atoms with E-state index >= 15 is 0 Å². The van der Waals surface area contributed by atoms with Gasteiger partial charge in [0.05, 0.1) is 0 Å². The molecule has 64 valence electrons. The highest BCUT2D eigenvalue weighted by Crippen LogP contribution is 2.09. The number of rotatable bonds is 2. The van der Waals surface area contributed by atoms with Gasteiger partial charge in [-0.05, 0) is 24.1 Å². The summed E-state index contributed by atoms with van der Waals surface area (Å²) in [5.41, 5.74) is 1.25. The van der Waals surface area contributed by atoms with Gasteiger partial charge in [0.25, 0.3) is 0 Å². The molecule has 0 aliphatic rings. The van der Waals surface area contributed by atoms with Crippen molar-refractivity contribution in [1.82, 2.24) is 0 Å². The van der Waals surface area contributed by atoms with Crippen LogP contribution in [0, 0.1) is 12.7 Å². The maximum Gasteiger partial charge on any atom is 0.456 e. The molecule has 4 heteroatoms. The standard InChI is InChI=1S/C8H10BFO2/c1-6-4-7(5-9(11)12)2-3-8(6)10/h2-4,11-12H,5H2,1H3. The Labute approximate surface area is 70.8 Å². The van der Waals surface area contributed by atoms with E-state index in [9.17, 15) is 4.39 Å². The van der Waals surface area contributed by atoms with Gasteiger partial charge in [-0.25, -0.2) is 4.39 Å². The van der Waals surface area contributed by atoms with Gasteiger partial charge in [-0.1, -0.05) is 12.1 Å². The second-order valence-corrected chi connectivity index (χ2v) is 2.77. The van der Waals surface area contributed by atoms with Crippen molar-refractivity contribution in [3.8, 4) is 0 Å². The Morgan fingerprint density at radius 2 is 2.08 bits per heavy atom. The van der Waals surface area contributed by atoms with Crippen molar-refractivity contribution in [2.45, 2.75) is 13.2 Å². The van der Waals surface area contributed by atoms with Gasteiger partial charge < -0.3 is 10.0 Å². The van der Waals surface area contributed by atoms with Crippen LogP contribution in [0.4, 0.5) is 4.39 Å². The summed E-state index contributed by atoms with van der Waals surface area (Å²) in [5, 5.41) is 17.3. The highest BCUT2D eigenvalue weighted by atomic mass is 19.1. The SMILES string of the molecule is Cc1cc(CB(O)O)ccc1F. The average molecular weight is 168 g/mol. The van der Waals surface area contributed by atoms with Gasteiger partial charge >= 0.3 is 7.12 Å². The van der Waals surface area contributed by atoms with Gasteiger partial charge in [0, 0.05) is 6.32 Å². The van der Waals surface area contributed by atoms with Crippen LogP contribution >= 0.6 is 0 Å². The normalized spacial score (nSPS) is 10.0. The molecular formula is C8H10BFO2. The maximum absolute atomic E-state index is 12.7. The molecule has 0 aliphatic heterocycles. The first-order valence-corrected chi connectivity index (χ1v) is 3.71. The molecule has 0 fully saturated rings. The number of benzene rings is 1. The Kier molecular flexibility index (Phi) is 2.84. The number of aryl methyl sites for hydroxylation is 1. The minimum Gasteiger partial charge on any atom is -0.427 e. The Balaban J connectivity index is 2.82. The van der Waals surface area contributed by atoms with Gasteiger partial charge in [0.15, 0.2) is 0 Å². The van der Waals surface area contributed by atoms with Crippen LogP contribution in [0.15, 0.2) is 18.2 Å². The van der Waals surface area contributed by atoms with Crippen molar-refractivity contribution >= 4 is 7.12 Å². The van der Waals surface area contributed by atoms with Gasteiger partial charge in [0.1, 0.15) is 5.82 Å². The minimum atomic E-state index is -1.37. The molecule has 0 saturated carbocycles. The molecule has 0 spiro atoms. The first kappa shape index (κ1) is 9.22. The monoisotopic (exact) mass is 168 g/mol.